The van der Waals surface area contributed by atoms with E-state index in [1.807, 2.05) is 6.92 Å². The number of aryl methyl sites for hydroxylation is 1. The lowest BCUT2D eigenvalue weighted by Gasteiger charge is -2.09. The maximum atomic E-state index is 12.1. The zero-order chi connectivity index (χ0) is 14.0. The van der Waals surface area contributed by atoms with Gasteiger partial charge in [-0.15, -0.1) is 0 Å². The minimum atomic E-state index is -3.91. The average Bonchev–Trinajstić information content (AvgIpc) is 2.34. The van der Waals surface area contributed by atoms with Crippen molar-refractivity contribution in [3.05, 3.63) is 58.1 Å². The first-order chi connectivity index (χ1) is 8.88. The molecule has 0 aliphatic carbocycles. The fourth-order valence-corrected chi connectivity index (χ4v) is 2.71. The van der Waals surface area contributed by atoms with E-state index >= 15 is 0 Å². The van der Waals surface area contributed by atoms with E-state index in [0.717, 1.165) is 5.56 Å². The van der Waals surface area contributed by atoms with Gasteiger partial charge in [-0.05, 0) is 48.9 Å². The van der Waals surface area contributed by atoms with Gasteiger partial charge in [0.1, 0.15) is 4.90 Å². The molecule has 0 aliphatic rings. The van der Waals surface area contributed by atoms with E-state index in [4.69, 9.17) is 27.4 Å². The summed E-state index contributed by atoms with van der Waals surface area (Å²) in [6.45, 7) is 1.82. The Balaban J connectivity index is 2.36. The smallest absolute Gasteiger partial charge is 0.339 e. The Hall–Kier alpha value is -1.23. The Morgan fingerprint density at radius 2 is 1.63 bits per heavy atom. The maximum absolute atomic E-state index is 12.1. The molecule has 0 radical (unpaired) electrons. The van der Waals surface area contributed by atoms with E-state index in [1.54, 1.807) is 18.2 Å². The standard InChI is InChI=1S/C13H10Cl2O3S/c1-9-2-7-12(15)13(8-9)18-19(16,17)11-5-3-10(14)4-6-11/h2-8H,1H3. The molecule has 2 rings (SSSR count). The van der Waals surface area contributed by atoms with Crippen LogP contribution in [0.4, 0.5) is 0 Å². The van der Waals surface area contributed by atoms with Crippen molar-refractivity contribution in [2.24, 2.45) is 0 Å². The Kier molecular flexibility index (Phi) is 4.04. The van der Waals surface area contributed by atoms with Crippen molar-refractivity contribution >= 4 is 33.3 Å². The first-order valence-electron chi connectivity index (χ1n) is 5.35. The van der Waals surface area contributed by atoms with Crippen LogP contribution in [0.3, 0.4) is 0 Å². The number of benzene rings is 2. The van der Waals surface area contributed by atoms with Crippen LogP contribution in [0.5, 0.6) is 5.75 Å². The third kappa shape index (κ3) is 3.41. The first kappa shape index (κ1) is 14.2. The van der Waals surface area contributed by atoms with Crippen LogP contribution in [0.15, 0.2) is 47.4 Å². The Bertz CT molecular complexity index is 694. The number of halogens is 2. The highest BCUT2D eigenvalue weighted by Crippen LogP contribution is 2.28. The van der Waals surface area contributed by atoms with Crippen molar-refractivity contribution in [1.29, 1.82) is 0 Å². The number of hydrogen-bond acceptors (Lipinski definition) is 3. The Labute approximate surface area is 121 Å². The van der Waals surface area contributed by atoms with E-state index in [0.29, 0.717) is 5.02 Å². The van der Waals surface area contributed by atoms with Gasteiger partial charge in [-0.25, -0.2) is 0 Å². The van der Waals surface area contributed by atoms with Crippen molar-refractivity contribution in [1.82, 2.24) is 0 Å². The normalized spacial score (nSPS) is 11.3. The summed E-state index contributed by atoms with van der Waals surface area (Å²) in [5, 5.41) is 0.690. The minimum absolute atomic E-state index is 0.0227. The molecule has 2 aromatic rings. The molecule has 0 saturated heterocycles. The van der Waals surface area contributed by atoms with Crippen LogP contribution in [-0.2, 0) is 10.1 Å². The SMILES string of the molecule is Cc1ccc(Cl)c(OS(=O)(=O)c2ccc(Cl)cc2)c1. The van der Waals surface area contributed by atoms with Gasteiger partial charge in [0.15, 0.2) is 5.75 Å². The van der Waals surface area contributed by atoms with Crippen LogP contribution in [0, 0.1) is 6.92 Å². The molecule has 3 nitrogen and oxygen atoms in total. The predicted molar refractivity (Wildman–Crippen MR) is 75.5 cm³/mol. The van der Waals surface area contributed by atoms with Crippen LogP contribution in [0.1, 0.15) is 5.56 Å². The molecule has 0 fully saturated rings. The van der Waals surface area contributed by atoms with Crippen molar-refractivity contribution in [3.8, 4) is 5.75 Å². The Morgan fingerprint density at radius 3 is 2.26 bits per heavy atom. The monoisotopic (exact) mass is 316 g/mol. The summed E-state index contributed by atoms with van der Waals surface area (Å²) in [5.41, 5.74) is 0.853. The molecule has 2 aromatic carbocycles. The van der Waals surface area contributed by atoms with E-state index < -0.39 is 10.1 Å². The van der Waals surface area contributed by atoms with Gasteiger partial charge in [0.05, 0.1) is 5.02 Å². The lowest BCUT2D eigenvalue weighted by Crippen LogP contribution is -2.10. The summed E-state index contributed by atoms with van der Waals surface area (Å²) in [4.78, 5) is 0.0227. The fraction of sp³-hybridized carbons (Fsp3) is 0.0769. The molecule has 100 valence electrons. The average molecular weight is 317 g/mol. The summed E-state index contributed by atoms with van der Waals surface area (Å²) < 4.78 is 29.1. The van der Waals surface area contributed by atoms with Gasteiger partial charge in [-0.2, -0.15) is 8.42 Å². The molecule has 0 N–H and O–H groups in total. The molecule has 0 unspecified atom stereocenters. The van der Waals surface area contributed by atoms with Crippen LogP contribution < -0.4 is 4.18 Å². The molecule has 6 heteroatoms. The van der Waals surface area contributed by atoms with Crippen molar-refractivity contribution in [3.63, 3.8) is 0 Å². The molecule has 0 spiro atoms. The molecule has 0 amide bonds. The first-order valence-corrected chi connectivity index (χ1v) is 7.51. The molecule has 0 bridgehead atoms. The second kappa shape index (κ2) is 5.41. The lowest BCUT2D eigenvalue weighted by molar-refractivity contribution is 0.486. The highest BCUT2D eigenvalue weighted by molar-refractivity contribution is 7.87. The van der Waals surface area contributed by atoms with E-state index in [9.17, 15) is 8.42 Å². The minimum Gasteiger partial charge on any atom is -0.377 e. The van der Waals surface area contributed by atoms with Crippen molar-refractivity contribution in [2.75, 3.05) is 0 Å². The lowest BCUT2D eigenvalue weighted by atomic mass is 10.2. The fourth-order valence-electron chi connectivity index (χ4n) is 1.44. The van der Waals surface area contributed by atoms with Crippen LogP contribution in [0.25, 0.3) is 0 Å². The van der Waals surface area contributed by atoms with Crippen molar-refractivity contribution < 1.29 is 12.6 Å². The molecule has 0 aromatic heterocycles. The van der Waals surface area contributed by atoms with Crippen LogP contribution in [0.2, 0.25) is 10.0 Å². The summed E-state index contributed by atoms with van der Waals surface area (Å²) in [7, 11) is -3.91. The Morgan fingerprint density at radius 1 is 1.00 bits per heavy atom. The van der Waals surface area contributed by atoms with Crippen molar-refractivity contribution in [2.45, 2.75) is 11.8 Å². The number of rotatable bonds is 3. The van der Waals surface area contributed by atoms with Gasteiger partial charge < -0.3 is 4.18 Å². The highest BCUT2D eigenvalue weighted by Gasteiger charge is 2.18. The van der Waals surface area contributed by atoms with Crippen LogP contribution in [-0.4, -0.2) is 8.42 Å². The maximum Gasteiger partial charge on any atom is 0.339 e. The zero-order valence-corrected chi connectivity index (χ0v) is 12.3. The highest BCUT2D eigenvalue weighted by atomic mass is 35.5. The quantitative estimate of drug-likeness (QED) is 0.802. The van der Waals surface area contributed by atoms with E-state index in [1.165, 1.54) is 24.3 Å². The summed E-state index contributed by atoms with van der Waals surface area (Å²) in [5.74, 6) is 0.108. The third-order valence-corrected chi connectivity index (χ3v) is 4.20. The molecule has 0 saturated carbocycles. The van der Waals surface area contributed by atoms with Gasteiger partial charge in [-0.1, -0.05) is 29.3 Å². The van der Waals surface area contributed by atoms with Gasteiger partial charge in [0.2, 0.25) is 0 Å². The second-order valence-electron chi connectivity index (χ2n) is 3.93. The molecular formula is C13H10Cl2O3S. The molecule has 0 heterocycles. The summed E-state index contributed by atoms with van der Waals surface area (Å²) in [6.07, 6.45) is 0. The zero-order valence-electron chi connectivity index (χ0n) is 9.93. The van der Waals surface area contributed by atoms with Crippen LogP contribution >= 0.6 is 23.2 Å². The third-order valence-electron chi connectivity index (χ3n) is 2.39. The number of hydrogen-bond donors (Lipinski definition) is 0. The van der Waals surface area contributed by atoms with E-state index in [2.05, 4.69) is 0 Å². The molecule has 0 aliphatic heterocycles. The molecular weight excluding hydrogens is 307 g/mol. The molecule has 0 atom stereocenters. The van der Waals surface area contributed by atoms with Gasteiger partial charge in [0.25, 0.3) is 0 Å². The largest absolute Gasteiger partial charge is 0.377 e. The van der Waals surface area contributed by atoms with Gasteiger partial charge in [0, 0.05) is 5.02 Å². The topological polar surface area (TPSA) is 43.4 Å². The van der Waals surface area contributed by atoms with Gasteiger partial charge >= 0.3 is 10.1 Å². The second-order valence-corrected chi connectivity index (χ2v) is 6.32. The summed E-state index contributed by atoms with van der Waals surface area (Å²) in [6, 6.07) is 10.6. The van der Waals surface area contributed by atoms with Gasteiger partial charge in [-0.3, -0.25) is 0 Å². The summed E-state index contributed by atoms with van der Waals surface area (Å²) >= 11 is 11.6. The predicted octanol–water partition coefficient (Wildman–Crippen LogP) is 4.07. The van der Waals surface area contributed by atoms with E-state index in [-0.39, 0.29) is 15.7 Å². The molecule has 19 heavy (non-hydrogen) atoms.